The second kappa shape index (κ2) is 5.25. The van der Waals surface area contributed by atoms with Crippen molar-refractivity contribution >= 4 is 10.0 Å². The number of sulfonamides is 1. The van der Waals surface area contributed by atoms with Gasteiger partial charge in [-0.05, 0) is 32.1 Å². The van der Waals surface area contributed by atoms with Gasteiger partial charge in [-0.25, -0.2) is 13.1 Å². The van der Waals surface area contributed by atoms with Crippen molar-refractivity contribution in [2.75, 3.05) is 0 Å². The Labute approximate surface area is 114 Å². The highest BCUT2D eigenvalue weighted by Gasteiger charge is 2.33. The fraction of sp³-hybridized carbons (Fsp3) is 0.769. The van der Waals surface area contributed by atoms with E-state index in [1.807, 2.05) is 0 Å². The maximum Gasteiger partial charge on any atom is 0.246 e. The molecule has 1 saturated carbocycles. The van der Waals surface area contributed by atoms with Crippen LogP contribution >= 0.6 is 0 Å². The van der Waals surface area contributed by atoms with Gasteiger partial charge in [0.2, 0.25) is 10.0 Å². The minimum absolute atomic E-state index is 0.00227. The zero-order valence-corrected chi connectivity index (χ0v) is 12.8. The summed E-state index contributed by atoms with van der Waals surface area (Å²) in [6, 6.07) is 0.00227. The molecule has 5 nitrogen and oxygen atoms in total. The average molecular weight is 286 g/mol. The predicted molar refractivity (Wildman–Crippen MR) is 72.3 cm³/mol. The summed E-state index contributed by atoms with van der Waals surface area (Å²) in [5.74, 6) is 1.25. The third-order valence-electron chi connectivity index (χ3n) is 4.25. The molecule has 3 atom stereocenters. The molecule has 0 amide bonds. The van der Waals surface area contributed by atoms with E-state index in [1.165, 1.54) is 6.42 Å². The molecule has 0 aromatic carbocycles. The first-order chi connectivity index (χ1) is 8.83. The van der Waals surface area contributed by atoms with Gasteiger partial charge in [0.1, 0.15) is 10.6 Å². The molecule has 0 bridgehead atoms. The molecule has 1 heterocycles. The van der Waals surface area contributed by atoms with Crippen LogP contribution in [0.15, 0.2) is 9.42 Å². The second-order valence-electron chi connectivity index (χ2n) is 5.65. The highest BCUT2D eigenvalue weighted by atomic mass is 32.2. The minimum atomic E-state index is -3.54. The van der Waals surface area contributed by atoms with E-state index >= 15 is 0 Å². The van der Waals surface area contributed by atoms with Crippen molar-refractivity contribution in [3.63, 3.8) is 0 Å². The number of nitrogens with one attached hydrogen (secondary N) is 1. The maximum absolute atomic E-state index is 12.4. The van der Waals surface area contributed by atoms with E-state index in [0.29, 0.717) is 23.3 Å². The molecule has 0 aliphatic heterocycles. The van der Waals surface area contributed by atoms with E-state index in [1.54, 1.807) is 13.8 Å². The fourth-order valence-electron chi connectivity index (χ4n) is 2.86. The lowest BCUT2D eigenvalue weighted by Gasteiger charge is -2.34. The van der Waals surface area contributed by atoms with Gasteiger partial charge < -0.3 is 4.52 Å². The van der Waals surface area contributed by atoms with Crippen LogP contribution in [0, 0.1) is 25.7 Å². The standard InChI is InChI=1S/C13H22N2O3S/c1-8-6-5-7-12(9(8)2)15-19(16,17)13-10(3)14-18-11(13)4/h8-9,12,15H,5-7H2,1-4H3/t8-,9+,12-/m1/s1. The van der Waals surface area contributed by atoms with Crippen LogP contribution in [0.3, 0.4) is 0 Å². The van der Waals surface area contributed by atoms with Crippen LogP contribution in [0.2, 0.25) is 0 Å². The van der Waals surface area contributed by atoms with Crippen molar-refractivity contribution in [3.8, 4) is 0 Å². The molecule has 0 unspecified atom stereocenters. The summed E-state index contributed by atoms with van der Waals surface area (Å²) in [4.78, 5) is 0.193. The average Bonchev–Trinajstić information content (AvgIpc) is 2.65. The minimum Gasteiger partial charge on any atom is -0.360 e. The first kappa shape index (κ1) is 14.5. The van der Waals surface area contributed by atoms with E-state index in [4.69, 9.17) is 4.52 Å². The van der Waals surface area contributed by atoms with E-state index in [2.05, 4.69) is 23.7 Å². The van der Waals surface area contributed by atoms with Crippen molar-refractivity contribution in [3.05, 3.63) is 11.5 Å². The summed E-state index contributed by atoms with van der Waals surface area (Å²) in [7, 11) is -3.54. The topological polar surface area (TPSA) is 72.2 Å². The molecule has 0 radical (unpaired) electrons. The van der Waals surface area contributed by atoms with Crippen molar-refractivity contribution in [1.29, 1.82) is 0 Å². The zero-order chi connectivity index (χ0) is 14.2. The summed E-state index contributed by atoms with van der Waals surface area (Å²) in [6.07, 6.45) is 3.14. The van der Waals surface area contributed by atoms with E-state index in [-0.39, 0.29) is 10.9 Å². The molecule has 1 aromatic rings. The lowest BCUT2D eigenvalue weighted by molar-refractivity contribution is 0.227. The number of rotatable bonds is 3. The number of nitrogens with zero attached hydrogens (tertiary/aromatic N) is 1. The Morgan fingerprint density at radius 3 is 2.53 bits per heavy atom. The van der Waals surface area contributed by atoms with E-state index < -0.39 is 10.0 Å². The smallest absolute Gasteiger partial charge is 0.246 e. The number of aromatic nitrogens is 1. The lowest BCUT2D eigenvalue weighted by Crippen LogP contribution is -2.43. The first-order valence-electron chi connectivity index (χ1n) is 6.78. The Morgan fingerprint density at radius 2 is 1.95 bits per heavy atom. The van der Waals surface area contributed by atoms with Gasteiger partial charge in [-0.3, -0.25) is 0 Å². The van der Waals surface area contributed by atoms with Crippen molar-refractivity contribution in [2.45, 2.75) is 57.9 Å². The molecular weight excluding hydrogens is 264 g/mol. The summed E-state index contributed by atoms with van der Waals surface area (Å²) in [6.45, 7) is 7.57. The van der Waals surface area contributed by atoms with Crippen LogP contribution in [0.4, 0.5) is 0 Å². The Kier molecular flexibility index (Phi) is 4.01. The number of hydrogen-bond acceptors (Lipinski definition) is 4. The van der Waals surface area contributed by atoms with Gasteiger partial charge in [-0.15, -0.1) is 0 Å². The van der Waals surface area contributed by atoms with Gasteiger partial charge >= 0.3 is 0 Å². The third kappa shape index (κ3) is 2.84. The highest BCUT2D eigenvalue weighted by Crippen LogP contribution is 2.31. The SMILES string of the molecule is Cc1noc(C)c1S(=O)(=O)N[C@@H]1CCC[C@@H](C)[C@@H]1C. The van der Waals surface area contributed by atoms with Crippen LogP contribution in [0.1, 0.15) is 44.6 Å². The molecule has 108 valence electrons. The van der Waals surface area contributed by atoms with Crippen LogP contribution in [-0.2, 0) is 10.0 Å². The molecule has 1 aliphatic rings. The molecule has 0 spiro atoms. The van der Waals surface area contributed by atoms with Crippen LogP contribution in [0.5, 0.6) is 0 Å². The molecule has 0 saturated heterocycles. The maximum atomic E-state index is 12.4. The third-order valence-corrected chi connectivity index (χ3v) is 5.98. The molecule has 1 N–H and O–H groups in total. The van der Waals surface area contributed by atoms with Crippen molar-refractivity contribution in [1.82, 2.24) is 9.88 Å². The summed E-state index contributed by atoms with van der Waals surface area (Å²) in [5.41, 5.74) is 0.418. The van der Waals surface area contributed by atoms with Gasteiger partial charge in [0.15, 0.2) is 5.76 Å². The fourth-order valence-corrected chi connectivity index (χ4v) is 4.56. The molecular formula is C13H22N2O3S. The molecule has 1 fully saturated rings. The van der Waals surface area contributed by atoms with Gasteiger partial charge in [0.05, 0.1) is 0 Å². The Hall–Kier alpha value is -0.880. The normalized spacial score (nSPS) is 28.5. The van der Waals surface area contributed by atoms with Crippen molar-refractivity contribution < 1.29 is 12.9 Å². The van der Waals surface area contributed by atoms with E-state index in [9.17, 15) is 8.42 Å². The van der Waals surface area contributed by atoms with Crippen molar-refractivity contribution in [2.24, 2.45) is 11.8 Å². The Bertz CT molecular complexity index is 531. The number of aryl methyl sites for hydroxylation is 2. The quantitative estimate of drug-likeness (QED) is 0.926. The monoisotopic (exact) mass is 286 g/mol. The Balaban J connectivity index is 2.22. The van der Waals surface area contributed by atoms with Gasteiger partial charge in [0.25, 0.3) is 0 Å². The zero-order valence-electron chi connectivity index (χ0n) is 11.9. The molecule has 6 heteroatoms. The first-order valence-corrected chi connectivity index (χ1v) is 8.26. The predicted octanol–water partition coefficient (Wildman–Crippen LogP) is 2.39. The summed E-state index contributed by atoms with van der Waals surface area (Å²) < 4.78 is 32.7. The largest absolute Gasteiger partial charge is 0.360 e. The van der Waals surface area contributed by atoms with Gasteiger partial charge in [0, 0.05) is 6.04 Å². The molecule has 2 rings (SSSR count). The molecule has 1 aromatic heterocycles. The Morgan fingerprint density at radius 1 is 1.26 bits per heavy atom. The van der Waals surface area contributed by atoms with E-state index in [0.717, 1.165) is 12.8 Å². The molecule has 1 aliphatic carbocycles. The summed E-state index contributed by atoms with van der Waals surface area (Å²) in [5, 5.41) is 3.72. The highest BCUT2D eigenvalue weighted by molar-refractivity contribution is 7.89. The molecule has 19 heavy (non-hydrogen) atoms. The summed E-state index contributed by atoms with van der Waals surface area (Å²) >= 11 is 0. The van der Waals surface area contributed by atoms with Crippen LogP contribution < -0.4 is 4.72 Å². The van der Waals surface area contributed by atoms with Gasteiger partial charge in [-0.2, -0.15) is 0 Å². The number of hydrogen-bond donors (Lipinski definition) is 1. The lowest BCUT2D eigenvalue weighted by atomic mass is 9.78. The van der Waals surface area contributed by atoms with Crippen LogP contribution in [-0.4, -0.2) is 19.6 Å². The van der Waals surface area contributed by atoms with Gasteiger partial charge in [-0.1, -0.05) is 31.8 Å². The van der Waals surface area contributed by atoms with Crippen LogP contribution in [0.25, 0.3) is 0 Å². The second-order valence-corrected chi connectivity index (χ2v) is 7.30.